The van der Waals surface area contributed by atoms with E-state index in [2.05, 4.69) is 24.8 Å². The van der Waals surface area contributed by atoms with E-state index in [4.69, 9.17) is 11.6 Å². The number of carbonyl (C=O) groups is 1. The number of anilines is 2. The van der Waals surface area contributed by atoms with Crippen LogP contribution in [0.3, 0.4) is 0 Å². The molecule has 0 atom stereocenters. The maximum Gasteiger partial charge on any atom is 0.422 e. The molecule has 2 heterocycles. The van der Waals surface area contributed by atoms with E-state index in [1.165, 1.54) is 12.1 Å². The summed E-state index contributed by atoms with van der Waals surface area (Å²) in [6, 6.07) is 2.66. The number of hydrogen-bond acceptors (Lipinski definition) is 6. The van der Waals surface area contributed by atoms with E-state index in [1.54, 1.807) is 0 Å². The number of alkyl halides is 6. The highest BCUT2D eigenvalue weighted by atomic mass is 35.5. The van der Waals surface area contributed by atoms with Crippen molar-refractivity contribution >= 4 is 39.9 Å². The average Bonchev–Trinajstić information content (AvgIpc) is 2.94. The third-order valence-electron chi connectivity index (χ3n) is 2.48. The van der Waals surface area contributed by atoms with E-state index < -0.39 is 49.3 Å². The molecule has 2 aromatic heterocycles. The fourth-order valence-electron chi connectivity index (χ4n) is 1.55. The number of ether oxygens (including phenoxy) is 2. The number of thiophene rings is 1. The van der Waals surface area contributed by atoms with Gasteiger partial charge in [0.2, 0.25) is 17.7 Å². The van der Waals surface area contributed by atoms with Gasteiger partial charge in [-0.3, -0.25) is 10.6 Å². The summed E-state index contributed by atoms with van der Waals surface area (Å²) >= 11 is 6.70. The SMILES string of the molecule is O=C(Nc1nc(OCC(F)(F)F)cc(OCC(F)(F)F)n1)Nc1ccc(Cl)s1. The quantitative estimate of drug-likeness (QED) is 0.622. The molecule has 154 valence electrons. The van der Waals surface area contributed by atoms with Crippen molar-refractivity contribution in [1.82, 2.24) is 9.97 Å². The fraction of sp³-hybridized carbons (Fsp3) is 0.308. The first kappa shape index (κ1) is 21.8. The summed E-state index contributed by atoms with van der Waals surface area (Å²) in [5.74, 6) is -2.14. The summed E-state index contributed by atoms with van der Waals surface area (Å²) < 4.78 is 82.7. The van der Waals surface area contributed by atoms with Crippen molar-refractivity contribution in [3.8, 4) is 11.8 Å². The van der Waals surface area contributed by atoms with Crippen molar-refractivity contribution in [3.05, 3.63) is 22.5 Å². The van der Waals surface area contributed by atoms with E-state index in [-0.39, 0.29) is 0 Å². The third kappa shape index (κ3) is 8.04. The Kier molecular flexibility index (Phi) is 6.77. The van der Waals surface area contributed by atoms with Gasteiger partial charge in [-0.2, -0.15) is 36.3 Å². The van der Waals surface area contributed by atoms with Crippen LogP contribution in [0.4, 0.5) is 42.1 Å². The minimum absolute atomic E-state index is 0.320. The molecule has 0 aromatic carbocycles. The molecular formula is C13H9ClF6N4O3S. The summed E-state index contributed by atoms with van der Waals surface area (Å²) in [6.07, 6.45) is -9.44. The Morgan fingerprint density at radius 2 is 1.54 bits per heavy atom. The fourth-order valence-corrected chi connectivity index (χ4v) is 2.48. The lowest BCUT2D eigenvalue weighted by atomic mass is 10.5. The van der Waals surface area contributed by atoms with Crippen LogP contribution in [0, 0.1) is 0 Å². The van der Waals surface area contributed by atoms with Crippen LogP contribution in [0.25, 0.3) is 0 Å². The van der Waals surface area contributed by atoms with E-state index >= 15 is 0 Å². The molecule has 7 nitrogen and oxygen atoms in total. The van der Waals surface area contributed by atoms with Gasteiger partial charge in [0.05, 0.1) is 15.4 Å². The zero-order valence-electron chi connectivity index (χ0n) is 13.3. The van der Waals surface area contributed by atoms with Crippen LogP contribution in [0.2, 0.25) is 4.34 Å². The molecule has 0 aliphatic heterocycles. The van der Waals surface area contributed by atoms with Crippen LogP contribution < -0.4 is 20.1 Å². The van der Waals surface area contributed by atoms with Gasteiger partial charge in [-0.15, -0.1) is 11.3 Å². The van der Waals surface area contributed by atoms with Crippen molar-refractivity contribution in [2.75, 3.05) is 23.8 Å². The first-order valence-corrected chi connectivity index (χ1v) is 8.20. The molecule has 0 bridgehead atoms. The molecule has 0 fully saturated rings. The Morgan fingerprint density at radius 3 is 1.96 bits per heavy atom. The van der Waals surface area contributed by atoms with Gasteiger partial charge in [-0.25, -0.2) is 4.79 Å². The van der Waals surface area contributed by atoms with Gasteiger partial charge in [0.15, 0.2) is 13.2 Å². The van der Waals surface area contributed by atoms with E-state index in [9.17, 15) is 31.1 Å². The normalized spacial score (nSPS) is 11.8. The standard InChI is InChI=1S/C13H9ClF6N4O3S/c14-6-1-2-9(28-6)23-11(25)24-10-21-7(26-4-12(15,16)17)3-8(22-10)27-5-13(18,19)20/h1-3H,4-5H2,(H2,21,22,23,24,25). The largest absolute Gasteiger partial charge is 0.468 e. The van der Waals surface area contributed by atoms with Crippen LogP contribution in [-0.4, -0.2) is 41.6 Å². The van der Waals surface area contributed by atoms with Crippen molar-refractivity contribution in [2.24, 2.45) is 0 Å². The highest BCUT2D eigenvalue weighted by Crippen LogP contribution is 2.27. The molecule has 2 aromatic rings. The van der Waals surface area contributed by atoms with Crippen molar-refractivity contribution < 1.29 is 40.6 Å². The topological polar surface area (TPSA) is 85.4 Å². The number of aromatic nitrogens is 2. The smallest absolute Gasteiger partial charge is 0.422 e. The lowest BCUT2D eigenvalue weighted by Gasteiger charge is -2.13. The molecule has 0 saturated heterocycles. The second-order valence-corrected chi connectivity index (χ2v) is 6.57. The molecule has 0 aliphatic carbocycles. The highest BCUT2D eigenvalue weighted by Gasteiger charge is 2.30. The molecule has 2 rings (SSSR count). The second kappa shape index (κ2) is 8.68. The predicted molar refractivity (Wildman–Crippen MR) is 87.1 cm³/mol. The van der Waals surface area contributed by atoms with Gasteiger partial charge in [-0.1, -0.05) is 11.6 Å². The highest BCUT2D eigenvalue weighted by molar-refractivity contribution is 7.20. The number of hydrogen-bond donors (Lipinski definition) is 2. The number of urea groups is 1. The molecule has 0 aliphatic rings. The minimum atomic E-state index is -4.72. The van der Waals surface area contributed by atoms with Gasteiger partial charge >= 0.3 is 18.4 Å². The van der Waals surface area contributed by atoms with Gasteiger partial charge < -0.3 is 9.47 Å². The number of halogens is 7. The van der Waals surface area contributed by atoms with E-state index in [0.717, 1.165) is 11.3 Å². The first-order valence-electron chi connectivity index (χ1n) is 7.01. The van der Waals surface area contributed by atoms with Crippen LogP contribution in [0.1, 0.15) is 0 Å². The molecule has 0 saturated carbocycles. The Hall–Kier alpha value is -2.48. The van der Waals surface area contributed by atoms with Crippen LogP contribution in [0.15, 0.2) is 18.2 Å². The summed E-state index contributed by atoms with van der Waals surface area (Å²) in [5, 5.41) is 4.69. The van der Waals surface area contributed by atoms with Crippen LogP contribution in [-0.2, 0) is 0 Å². The maximum atomic E-state index is 12.3. The monoisotopic (exact) mass is 450 g/mol. The van der Waals surface area contributed by atoms with Crippen LogP contribution in [0.5, 0.6) is 11.8 Å². The van der Waals surface area contributed by atoms with Gasteiger partial charge in [0.25, 0.3) is 0 Å². The number of amides is 2. The Balaban J connectivity index is 2.14. The maximum absolute atomic E-state index is 12.3. The molecule has 0 spiro atoms. The molecule has 15 heteroatoms. The summed E-state index contributed by atoms with van der Waals surface area (Å²) in [4.78, 5) is 18.8. The van der Waals surface area contributed by atoms with Crippen molar-refractivity contribution in [1.29, 1.82) is 0 Å². The lowest BCUT2D eigenvalue weighted by molar-refractivity contribution is -0.154. The summed E-state index contributed by atoms with van der Waals surface area (Å²) in [7, 11) is 0. The van der Waals surface area contributed by atoms with Crippen molar-refractivity contribution in [2.45, 2.75) is 12.4 Å². The number of nitrogens with zero attached hydrogens (tertiary/aromatic N) is 2. The molecule has 0 radical (unpaired) electrons. The molecule has 2 N–H and O–H groups in total. The lowest BCUT2D eigenvalue weighted by Crippen LogP contribution is -2.23. The summed E-state index contributed by atoms with van der Waals surface area (Å²) in [6.45, 7) is -3.52. The molecular weight excluding hydrogens is 442 g/mol. The van der Waals surface area contributed by atoms with Crippen LogP contribution >= 0.6 is 22.9 Å². The average molecular weight is 451 g/mol. The number of nitrogens with one attached hydrogen (secondary N) is 2. The zero-order valence-corrected chi connectivity index (χ0v) is 14.9. The Labute approximate surface area is 161 Å². The van der Waals surface area contributed by atoms with Crippen molar-refractivity contribution in [3.63, 3.8) is 0 Å². The summed E-state index contributed by atoms with van der Waals surface area (Å²) in [5.41, 5.74) is 0. The zero-order chi connectivity index (χ0) is 20.9. The Morgan fingerprint density at radius 1 is 1.00 bits per heavy atom. The van der Waals surface area contributed by atoms with Gasteiger partial charge in [0.1, 0.15) is 0 Å². The molecule has 0 unspecified atom stereocenters. The number of carbonyl (C=O) groups excluding carboxylic acids is 1. The van der Waals surface area contributed by atoms with E-state index in [0.29, 0.717) is 15.4 Å². The van der Waals surface area contributed by atoms with E-state index in [1.807, 2.05) is 5.32 Å². The minimum Gasteiger partial charge on any atom is -0.468 e. The first-order chi connectivity index (χ1) is 12.9. The molecule has 28 heavy (non-hydrogen) atoms. The number of rotatable bonds is 6. The Bertz CT molecular complexity index is 793. The third-order valence-corrected chi connectivity index (χ3v) is 3.63. The second-order valence-electron chi connectivity index (χ2n) is 4.86. The van der Waals surface area contributed by atoms with Gasteiger partial charge in [-0.05, 0) is 12.1 Å². The predicted octanol–water partition coefficient (Wildman–Crippen LogP) is 4.72. The molecule has 2 amide bonds. The van der Waals surface area contributed by atoms with Gasteiger partial charge in [0, 0.05) is 0 Å².